The van der Waals surface area contributed by atoms with Crippen LogP contribution >= 0.6 is 27.7 Å². The van der Waals surface area contributed by atoms with Crippen LogP contribution in [0.15, 0.2) is 28.7 Å². The Morgan fingerprint density at radius 3 is 2.69 bits per heavy atom. The summed E-state index contributed by atoms with van der Waals surface area (Å²) in [6, 6.07) is 9.14. The SMILES string of the molecule is Brc1ccc([C@H]2CSCCN2)cc1. The molecule has 0 saturated carbocycles. The quantitative estimate of drug-likeness (QED) is 0.831. The lowest BCUT2D eigenvalue weighted by Gasteiger charge is -2.23. The third kappa shape index (κ3) is 2.48. The Labute approximate surface area is 91.4 Å². The van der Waals surface area contributed by atoms with Gasteiger partial charge >= 0.3 is 0 Å². The van der Waals surface area contributed by atoms with Gasteiger partial charge in [-0.3, -0.25) is 0 Å². The highest BCUT2D eigenvalue weighted by Crippen LogP contribution is 2.22. The maximum absolute atomic E-state index is 3.52. The average Bonchev–Trinajstić information content (AvgIpc) is 2.20. The zero-order chi connectivity index (χ0) is 9.10. The number of nitrogens with one attached hydrogen (secondary N) is 1. The second-order valence-electron chi connectivity index (χ2n) is 3.13. The van der Waals surface area contributed by atoms with Crippen molar-refractivity contribution in [2.24, 2.45) is 0 Å². The maximum Gasteiger partial charge on any atom is 0.0412 e. The van der Waals surface area contributed by atoms with Crippen LogP contribution in [-0.4, -0.2) is 18.1 Å². The summed E-state index contributed by atoms with van der Waals surface area (Å²) in [5, 5.41) is 3.52. The van der Waals surface area contributed by atoms with Gasteiger partial charge in [-0.05, 0) is 17.7 Å². The lowest BCUT2D eigenvalue weighted by molar-refractivity contribution is 0.595. The first-order valence-corrected chi connectivity index (χ1v) is 6.37. The van der Waals surface area contributed by atoms with E-state index in [2.05, 4.69) is 45.5 Å². The third-order valence-corrected chi connectivity index (χ3v) is 3.78. The summed E-state index contributed by atoms with van der Waals surface area (Å²) >= 11 is 5.47. The fourth-order valence-corrected chi connectivity index (χ4v) is 2.71. The third-order valence-electron chi connectivity index (χ3n) is 2.19. The van der Waals surface area contributed by atoms with E-state index in [0.29, 0.717) is 6.04 Å². The maximum atomic E-state index is 3.52. The first kappa shape index (κ1) is 9.56. The number of thioether (sulfide) groups is 1. The van der Waals surface area contributed by atoms with Gasteiger partial charge in [0.1, 0.15) is 0 Å². The molecule has 1 aliphatic heterocycles. The number of halogens is 1. The van der Waals surface area contributed by atoms with Gasteiger partial charge in [-0.1, -0.05) is 28.1 Å². The fraction of sp³-hybridized carbons (Fsp3) is 0.400. The Morgan fingerprint density at radius 2 is 2.08 bits per heavy atom. The van der Waals surface area contributed by atoms with Crippen molar-refractivity contribution in [2.75, 3.05) is 18.1 Å². The molecule has 2 rings (SSSR count). The van der Waals surface area contributed by atoms with Gasteiger partial charge in [0, 0.05) is 28.6 Å². The van der Waals surface area contributed by atoms with Crippen molar-refractivity contribution in [1.29, 1.82) is 0 Å². The van der Waals surface area contributed by atoms with Crippen molar-refractivity contribution in [3.05, 3.63) is 34.3 Å². The van der Waals surface area contributed by atoms with Gasteiger partial charge < -0.3 is 5.32 Å². The van der Waals surface area contributed by atoms with E-state index < -0.39 is 0 Å². The van der Waals surface area contributed by atoms with E-state index in [4.69, 9.17) is 0 Å². The van der Waals surface area contributed by atoms with E-state index in [1.54, 1.807) is 0 Å². The number of hydrogen-bond acceptors (Lipinski definition) is 2. The minimum absolute atomic E-state index is 0.548. The van der Waals surface area contributed by atoms with Gasteiger partial charge in [0.2, 0.25) is 0 Å². The Hall–Kier alpha value is 0.01000. The Morgan fingerprint density at radius 1 is 1.31 bits per heavy atom. The van der Waals surface area contributed by atoms with Crippen molar-refractivity contribution < 1.29 is 0 Å². The minimum Gasteiger partial charge on any atom is -0.308 e. The second-order valence-corrected chi connectivity index (χ2v) is 5.20. The van der Waals surface area contributed by atoms with Crippen LogP contribution in [0, 0.1) is 0 Å². The zero-order valence-corrected chi connectivity index (χ0v) is 9.70. The fourth-order valence-electron chi connectivity index (χ4n) is 1.47. The lowest BCUT2D eigenvalue weighted by Crippen LogP contribution is -2.30. The summed E-state index contributed by atoms with van der Waals surface area (Å²) in [7, 11) is 0. The Bertz CT molecular complexity index is 267. The summed E-state index contributed by atoms with van der Waals surface area (Å²) in [5.74, 6) is 2.44. The van der Waals surface area contributed by atoms with Crippen LogP contribution in [0.25, 0.3) is 0 Å². The van der Waals surface area contributed by atoms with Gasteiger partial charge in [0.15, 0.2) is 0 Å². The summed E-state index contributed by atoms with van der Waals surface area (Å²) in [6.45, 7) is 1.13. The van der Waals surface area contributed by atoms with E-state index in [1.807, 2.05) is 11.8 Å². The Balaban J connectivity index is 2.10. The summed E-state index contributed by atoms with van der Waals surface area (Å²) in [4.78, 5) is 0. The molecular formula is C10H12BrNS. The van der Waals surface area contributed by atoms with Crippen molar-refractivity contribution in [3.8, 4) is 0 Å². The molecule has 1 aromatic carbocycles. The number of rotatable bonds is 1. The minimum atomic E-state index is 0.548. The molecule has 1 heterocycles. The first-order valence-electron chi connectivity index (χ1n) is 4.43. The molecule has 0 amide bonds. The molecule has 70 valence electrons. The first-order chi connectivity index (χ1) is 6.36. The van der Waals surface area contributed by atoms with Crippen LogP contribution in [0.1, 0.15) is 11.6 Å². The average molecular weight is 258 g/mol. The zero-order valence-electron chi connectivity index (χ0n) is 7.29. The van der Waals surface area contributed by atoms with Gasteiger partial charge in [-0.2, -0.15) is 11.8 Å². The van der Waals surface area contributed by atoms with E-state index >= 15 is 0 Å². The molecule has 0 aromatic heterocycles. The van der Waals surface area contributed by atoms with Crippen LogP contribution in [0.4, 0.5) is 0 Å². The molecule has 1 nitrogen and oxygen atoms in total. The van der Waals surface area contributed by atoms with Gasteiger partial charge in [0.25, 0.3) is 0 Å². The molecule has 3 heteroatoms. The molecule has 0 unspecified atom stereocenters. The van der Waals surface area contributed by atoms with Gasteiger partial charge in [-0.15, -0.1) is 0 Å². The van der Waals surface area contributed by atoms with Crippen molar-refractivity contribution in [1.82, 2.24) is 5.32 Å². The van der Waals surface area contributed by atoms with Crippen molar-refractivity contribution in [3.63, 3.8) is 0 Å². The molecule has 1 aliphatic rings. The predicted molar refractivity (Wildman–Crippen MR) is 62.2 cm³/mol. The second kappa shape index (κ2) is 4.49. The molecular weight excluding hydrogens is 246 g/mol. The molecule has 0 spiro atoms. The van der Waals surface area contributed by atoms with Crippen LogP contribution in [0.2, 0.25) is 0 Å². The smallest absolute Gasteiger partial charge is 0.0412 e. The largest absolute Gasteiger partial charge is 0.308 e. The lowest BCUT2D eigenvalue weighted by atomic mass is 10.1. The number of hydrogen-bond donors (Lipinski definition) is 1. The molecule has 0 aliphatic carbocycles. The van der Waals surface area contributed by atoms with E-state index in [1.165, 1.54) is 17.1 Å². The highest BCUT2D eigenvalue weighted by atomic mass is 79.9. The molecule has 0 radical (unpaired) electrons. The summed E-state index contributed by atoms with van der Waals surface area (Å²) < 4.78 is 1.15. The molecule has 1 atom stereocenters. The molecule has 1 N–H and O–H groups in total. The van der Waals surface area contributed by atoms with Crippen LogP contribution in [-0.2, 0) is 0 Å². The monoisotopic (exact) mass is 257 g/mol. The highest BCUT2D eigenvalue weighted by molar-refractivity contribution is 9.10. The van der Waals surface area contributed by atoms with Crippen LogP contribution in [0.3, 0.4) is 0 Å². The van der Waals surface area contributed by atoms with Crippen LogP contribution < -0.4 is 5.32 Å². The molecule has 13 heavy (non-hydrogen) atoms. The standard InChI is InChI=1S/C10H12BrNS/c11-9-3-1-8(2-4-9)10-7-13-6-5-12-10/h1-4,10,12H,5-7H2/t10-/m1/s1. The van der Waals surface area contributed by atoms with Gasteiger partial charge in [0.05, 0.1) is 0 Å². The van der Waals surface area contributed by atoms with E-state index in [-0.39, 0.29) is 0 Å². The van der Waals surface area contributed by atoms with Crippen molar-refractivity contribution >= 4 is 27.7 Å². The van der Waals surface area contributed by atoms with Crippen LogP contribution in [0.5, 0.6) is 0 Å². The highest BCUT2D eigenvalue weighted by Gasteiger charge is 2.13. The predicted octanol–water partition coefficient (Wildman–Crippen LogP) is 2.83. The topological polar surface area (TPSA) is 12.0 Å². The molecule has 1 fully saturated rings. The summed E-state index contributed by atoms with van der Waals surface area (Å²) in [5.41, 5.74) is 1.40. The van der Waals surface area contributed by atoms with E-state index in [9.17, 15) is 0 Å². The number of benzene rings is 1. The summed E-state index contributed by atoms with van der Waals surface area (Å²) in [6.07, 6.45) is 0. The molecule has 1 saturated heterocycles. The van der Waals surface area contributed by atoms with E-state index in [0.717, 1.165) is 11.0 Å². The normalized spacial score (nSPS) is 23.0. The molecule has 0 bridgehead atoms. The molecule has 1 aromatic rings. The Kier molecular flexibility index (Phi) is 3.30. The van der Waals surface area contributed by atoms with Gasteiger partial charge in [-0.25, -0.2) is 0 Å². The van der Waals surface area contributed by atoms with Crippen molar-refractivity contribution in [2.45, 2.75) is 6.04 Å².